The van der Waals surface area contributed by atoms with Gasteiger partial charge in [0.1, 0.15) is 5.52 Å². The number of hydrogen-bond acceptors (Lipinski definition) is 4. The summed E-state index contributed by atoms with van der Waals surface area (Å²) in [4.78, 5) is 7.51. The van der Waals surface area contributed by atoms with Crippen LogP contribution < -0.4 is 4.90 Å². The number of oxazole rings is 1. The fraction of sp³-hybridized carbons (Fsp3) is 0. The summed E-state index contributed by atoms with van der Waals surface area (Å²) in [5.41, 5.74) is 9.05. The molecule has 11 rings (SSSR count). The summed E-state index contributed by atoms with van der Waals surface area (Å²) >= 11 is 1.83. The minimum absolute atomic E-state index is 0.606. The second-order valence-corrected chi connectivity index (χ2v) is 14.3. The third-order valence-corrected chi connectivity index (χ3v) is 11.3. The molecule has 0 radical (unpaired) electrons. The maximum atomic E-state index is 6.82. The highest BCUT2D eigenvalue weighted by Gasteiger charge is 2.24. The van der Waals surface area contributed by atoms with E-state index >= 15 is 0 Å². The van der Waals surface area contributed by atoms with Crippen molar-refractivity contribution >= 4 is 92.2 Å². The van der Waals surface area contributed by atoms with Gasteiger partial charge in [0.05, 0.1) is 16.7 Å². The maximum Gasteiger partial charge on any atom is 0.227 e. The lowest BCUT2D eigenvalue weighted by Gasteiger charge is -2.26. The van der Waals surface area contributed by atoms with Gasteiger partial charge in [0.2, 0.25) is 5.89 Å². The van der Waals surface area contributed by atoms with Gasteiger partial charge in [-0.3, -0.25) is 0 Å². The lowest BCUT2D eigenvalue weighted by molar-refractivity contribution is 0.620. The smallest absolute Gasteiger partial charge is 0.227 e. The fourth-order valence-electron chi connectivity index (χ4n) is 7.83. The Labute approximate surface area is 303 Å². The molecule has 0 saturated carbocycles. The van der Waals surface area contributed by atoms with Crippen molar-refractivity contribution in [3.8, 4) is 17.1 Å². The van der Waals surface area contributed by atoms with Gasteiger partial charge < -0.3 is 13.9 Å². The molecule has 8 aromatic carbocycles. The second-order valence-electron chi connectivity index (χ2n) is 13.2. The maximum absolute atomic E-state index is 6.82. The van der Waals surface area contributed by atoms with Crippen LogP contribution in [0.1, 0.15) is 0 Å². The van der Waals surface area contributed by atoms with E-state index in [2.05, 4.69) is 167 Å². The molecule has 0 bridgehead atoms. The second kappa shape index (κ2) is 11.4. The summed E-state index contributed by atoms with van der Waals surface area (Å²) in [5.74, 6) is 0.606. The summed E-state index contributed by atoms with van der Waals surface area (Å²) in [6.45, 7) is 0. The van der Waals surface area contributed by atoms with E-state index in [1.54, 1.807) is 0 Å². The molecule has 5 heteroatoms. The summed E-state index contributed by atoms with van der Waals surface area (Å²) in [6.07, 6.45) is 0. The van der Waals surface area contributed by atoms with Crippen LogP contribution in [0.4, 0.5) is 17.1 Å². The quantitative estimate of drug-likeness (QED) is 0.181. The predicted molar refractivity (Wildman–Crippen MR) is 219 cm³/mol. The molecular weight excluding hydrogens is 655 g/mol. The topological polar surface area (TPSA) is 34.2 Å². The van der Waals surface area contributed by atoms with E-state index < -0.39 is 0 Å². The largest absolute Gasteiger partial charge is 0.434 e. The summed E-state index contributed by atoms with van der Waals surface area (Å²) < 4.78 is 11.7. The van der Waals surface area contributed by atoms with E-state index in [0.29, 0.717) is 5.89 Å². The SMILES string of the molecule is c1ccc(-c2nc3c(o2)c(N(c2ccc4c(c2)sc2ccccc24)c2ccc4c(c2)c2ccccc2n4-c2ccccc2)cc2ccccc23)cc1. The van der Waals surface area contributed by atoms with Gasteiger partial charge in [0, 0.05) is 59.0 Å². The molecule has 11 aromatic rings. The zero-order valence-corrected chi connectivity index (χ0v) is 28.7. The van der Waals surface area contributed by atoms with Gasteiger partial charge in [-0.1, -0.05) is 103 Å². The molecule has 52 heavy (non-hydrogen) atoms. The number of benzene rings is 8. The van der Waals surface area contributed by atoms with Crippen LogP contribution in [0.2, 0.25) is 0 Å². The van der Waals surface area contributed by atoms with Gasteiger partial charge in [-0.25, -0.2) is 4.98 Å². The third kappa shape index (κ3) is 4.43. The molecule has 4 nitrogen and oxygen atoms in total. The first-order valence-electron chi connectivity index (χ1n) is 17.5. The van der Waals surface area contributed by atoms with Crippen molar-refractivity contribution in [2.24, 2.45) is 0 Å². The molecule has 0 saturated heterocycles. The van der Waals surface area contributed by atoms with E-state index in [1.807, 2.05) is 29.5 Å². The Balaban J connectivity index is 1.22. The van der Waals surface area contributed by atoms with E-state index in [9.17, 15) is 0 Å². The normalized spacial score (nSPS) is 11.8. The first-order chi connectivity index (χ1) is 25.8. The van der Waals surface area contributed by atoms with Crippen molar-refractivity contribution in [3.05, 3.63) is 176 Å². The first kappa shape index (κ1) is 29.1. The lowest BCUT2D eigenvalue weighted by Crippen LogP contribution is -2.10. The van der Waals surface area contributed by atoms with Gasteiger partial charge in [-0.15, -0.1) is 11.3 Å². The van der Waals surface area contributed by atoms with Crippen LogP contribution in [-0.4, -0.2) is 9.55 Å². The van der Waals surface area contributed by atoms with E-state index in [-0.39, 0.29) is 0 Å². The summed E-state index contributed by atoms with van der Waals surface area (Å²) in [6, 6.07) is 62.5. The van der Waals surface area contributed by atoms with Crippen LogP contribution in [0.3, 0.4) is 0 Å². The van der Waals surface area contributed by atoms with Crippen molar-refractivity contribution in [2.75, 3.05) is 4.90 Å². The molecule has 3 heterocycles. The van der Waals surface area contributed by atoms with Gasteiger partial charge >= 0.3 is 0 Å². The number of fused-ring (bicyclic) bond motifs is 9. The van der Waals surface area contributed by atoms with Gasteiger partial charge in [-0.2, -0.15) is 0 Å². The molecular formula is C47H29N3OS. The number of anilines is 3. The average Bonchev–Trinajstić information content (AvgIpc) is 3.91. The van der Waals surface area contributed by atoms with Gasteiger partial charge in [0.25, 0.3) is 0 Å². The van der Waals surface area contributed by atoms with Crippen LogP contribution in [0.25, 0.3) is 81.0 Å². The molecule has 0 aliphatic heterocycles. The highest BCUT2D eigenvalue weighted by Crippen LogP contribution is 2.46. The van der Waals surface area contributed by atoms with E-state index in [1.165, 1.54) is 36.5 Å². The first-order valence-corrected chi connectivity index (χ1v) is 18.3. The zero-order valence-electron chi connectivity index (χ0n) is 27.9. The lowest BCUT2D eigenvalue weighted by atomic mass is 10.1. The number of hydrogen-bond donors (Lipinski definition) is 0. The Morgan fingerprint density at radius 1 is 0.500 bits per heavy atom. The van der Waals surface area contributed by atoms with Crippen LogP contribution in [0.15, 0.2) is 180 Å². The number of para-hydroxylation sites is 2. The molecule has 0 aliphatic carbocycles. The molecule has 244 valence electrons. The van der Waals surface area contributed by atoms with Crippen molar-refractivity contribution in [1.82, 2.24) is 9.55 Å². The molecule has 0 aliphatic rings. The Hall–Kier alpha value is -6.69. The molecule has 0 fully saturated rings. The highest BCUT2D eigenvalue weighted by atomic mass is 32.1. The van der Waals surface area contributed by atoms with Crippen LogP contribution in [-0.2, 0) is 0 Å². The standard InChI is InChI=1S/C47H29N3OS/c1-3-13-30(14-4-1)47-48-45-35-18-8-7-15-31(35)27-42(46(45)51-47)49(34-23-25-38-37-20-10-12-22-43(37)52-44(38)29-34)33-24-26-41-39(28-33)36-19-9-11-21-40(36)50(41)32-16-5-2-6-17-32/h1-29H. The molecule has 0 atom stereocenters. The molecule has 0 unspecified atom stereocenters. The Morgan fingerprint density at radius 2 is 1.15 bits per heavy atom. The summed E-state index contributed by atoms with van der Waals surface area (Å²) in [5, 5.41) is 7.11. The highest BCUT2D eigenvalue weighted by molar-refractivity contribution is 7.25. The fourth-order valence-corrected chi connectivity index (χ4v) is 8.97. The van der Waals surface area contributed by atoms with Crippen molar-refractivity contribution in [1.29, 1.82) is 0 Å². The predicted octanol–water partition coefficient (Wildman–Crippen LogP) is 13.6. The van der Waals surface area contributed by atoms with Gasteiger partial charge in [-0.05, 0) is 78.2 Å². The van der Waals surface area contributed by atoms with Crippen LogP contribution in [0, 0.1) is 0 Å². The monoisotopic (exact) mass is 683 g/mol. The molecule has 0 N–H and O–H groups in total. The van der Waals surface area contributed by atoms with E-state index in [4.69, 9.17) is 9.40 Å². The minimum Gasteiger partial charge on any atom is -0.434 e. The van der Waals surface area contributed by atoms with Crippen molar-refractivity contribution < 1.29 is 4.42 Å². The molecule has 0 amide bonds. The molecule has 0 spiro atoms. The Morgan fingerprint density at radius 3 is 2.02 bits per heavy atom. The number of aromatic nitrogens is 2. The number of rotatable bonds is 5. The molecule has 3 aromatic heterocycles. The van der Waals surface area contributed by atoms with E-state index in [0.717, 1.165) is 55.7 Å². The number of nitrogens with zero attached hydrogens (tertiary/aromatic N) is 3. The summed E-state index contributed by atoms with van der Waals surface area (Å²) in [7, 11) is 0. The average molecular weight is 684 g/mol. The Kier molecular flexibility index (Phi) is 6.39. The zero-order chi connectivity index (χ0) is 34.2. The van der Waals surface area contributed by atoms with Crippen molar-refractivity contribution in [2.45, 2.75) is 0 Å². The van der Waals surface area contributed by atoms with Gasteiger partial charge in [0.15, 0.2) is 5.58 Å². The Bertz CT molecular complexity index is 3140. The number of thiophene rings is 1. The third-order valence-electron chi connectivity index (χ3n) is 10.2. The minimum atomic E-state index is 0.606. The van der Waals surface area contributed by atoms with Crippen LogP contribution >= 0.6 is 11.3 Å². The van der Waals surface area contributed by atoms with Crippen molar-refractivity contribution in [3.63, 3.8) is 0 Å². The van der Waals surface area contributed by atoms with Crippen LogP contribution in [0.5, 0.6) is 0 Å².